The molecule has 3 aliphatic rings. The second-order valence-electron chi connectivity index (χ2n) is 6.80. The van der Waals surface area contributed by atoms with E-state index in [1.165, 1.54) is 32.1 Å². The Bertz CT molecular complexity index is 327. The van der Waals surface area contributed by atoms with E-state index < -0.39 is 0 Å². The fourth-order valence-electron chi connectivity index (χ4n) is 4.30. The highest BCUT2D eigenvalue weighted by Crippen LogP contribution is 2.43. The van der Waals surface area contributed by atoms with Gasteiger partial charge in [0.2, 0.25) is 5.91 Å². The van der Waals surface area contributed by atoms with Crippen LogP contribution in [0.15, 0.2) is 0 Å². The third kappa shape index (κ3) is 2.96. The van der Waals surface area contributed by atoms with Crippen LogP contribution in [0.3, 0.4) is 0 Å². The van der Waals surface area contributed by atoms with Gasteiger partial charge in [0.1, 0.15) is 0 Å². The molecular weight excluding hydrogens is 238 g/mol. The third-order valence-corrected chi connectivity index (χ3v) is 5.50. The Hall–Kier alpha value is -0.570. The Balaban J connectivity index is 1.60. The summed E-state index contributed by atoms with van der Waals surface area (Å²) in [5.41, 5.74) is 0. The van der Waals surface area contributed by atoms with E-state index >= 15 is 0 Å². The van der Waals surface area contributed by atoms with E-state index in [4.69, 9.17) is 5.11 Å². The molecule has 0 radical (unpaired) electrons. The highest BCUT2D eigenvalue weighted by Gasteiger charge is 2.39. The number of fused-ring (bicyclic) bond motifs is 1. The number of amides is 1. The monoisotopic (exact) mass is 265 g/mol. The summed E-state index contributed by atoms with van der Waals surface area (Å²) >= 11 is 0. The number of rotatable bonds is 4. The second-order valence-corrected chi connectivity index (χ2v) is 6.80. The smallest absolute Gasteiger partial charge is 0.226 e. The van der Waals surface area contributed by atoms with Crippen LogP contribution in [0.1, 0.15) is 57.8 Å². The van der Waals surface area contributed by atoms with Crippen LogP contribution in [0.4, 0.5) is 0 Å². The van der Waals surface area contributed by atoms with E-state index in [0.29, 0.717) is 18.5 Å². The molecule has 3 heteroatoms. The second kappa shape index (κ2) is 5.82. The van der Waals surface area contributed by atoms with Gasteiger partial charge in [-0.2, -0.15) is 0 Å². The predicted molar refractivity (Wildman–Crippen MR) is 74.6 cm³/mol. The third-order valence-electron chi connectivity index (χ3n) is 5.50. The van der Waals surface area contributed by atoms with E-state index in [2.05, 4.69) is 0 Å². The van der Waals surface area contributed by atoms with E-state index in [-0.39, 0.29) is 12.5 Å². The molecule has 3 unspecified atom stereocenters. The lowest BCUT2D eigenvalue weighted by molar-refractivity contribution is -0.139. The van der Waals surface area contributed by atoms with Gasteiger partial charge in [-0.3, -0.25) is 4.79 Å². The molecule has 3 saturated carbocycles. The van der Waals surface area contributed by atoms with Crippen molar-refractivity contribution >= 4 is 5.91 Å². The fraction of sp³-hybridized carbons (Fsp3) is 0.938. The Morgan fingerprint density at radius 1 is 1.00 bits per heavy atom. The van der Waals surface area contributed by atoms with Crippen molar-refractivity contribution < 1.29 is 9.90 Å². The van der Waals surface area contributed by atoms with E-state index in [9.17, 15) is 4.79 Å². The van der Waals surface area contributed by atoms with Crippen molar-refractivity contribution in [2.75, 3.05) is 13.2 Å². The molecule has 0 saturated heterocycles. The normalized spacial score (nSPS) is 34.7. The molecule has 3 atom stereocenters. The van der Waals surface area contributed by atoms with Gasteiger partial charge in [0.25, 0.3) is 0 Å². The number of carbonyl (C=O) groups is 1. The Morgan fingerprint density at radius 2 is 1.74 bits per heavy atom. The van der Waals surface area contributed by atoms with Crippen LogP contribution in [0.25, 0.3) is 0 Å². The highest BCUT2D eigenvalue weighted by atomic mass is 16.3. The zero-order valence-corrected chi connectivity index (χ0v) is 11.9. The van der Waals surface area contributed by atoms with Crippen molar-refractivity contribution in [3.05, 3.63) is 0 Å². The number of aliphatic hydroxyl groups is 1. The van der Waals surface area contributed by atoms with Gasteiger partial charge in [-0.05, 0) is 43.9 Å². The summed E-state index contributed by atoms with van der Waals surface area (Å²) in [6.45, 7) is 0.662. The first-order chi connectivity index (χ1) is 9.29. The quantitative estimate of drug-likeness (QED) is 0.848. The SMILES string of the molecule is O=C(C1CCC2CCCCC2C1)N(CCO)C1CC1. The number of hydrogen-bond acceptors (Lipinski definition) is 2. The van der Waals surface area contributed by atoms with Crippen LogP contribution < -0.4 is 0 Å². The van der Waals surface area contributed by atoms with Crippen molar-refractivity contribution in [1.29, 1.82) is 0 Å². The van der Waals surface area contributed by atoms with Gasteiger partial charge in [-0.15, -0.1) is 0 Å². The fourth-order valence-corrected chi connectivity index (χ4v) is 4.30. The van der Waals surface area contributed by atoms with Crippen LogP contribution in [-0.4, -0.2) is 35.1 Å². The number of aliphatic hydroxyl groups excluding tert-OH is 1. The minimum absolute atomic E-state index is 0.112. The minimum Gasteiger partial charge on any atom is -0.395 e. The Kier molecular flexibility index (Phi) is 4.11. The Labute approximate surface area is 116 Å². The lowest BCUT2D eigenvalue weighted by Crippen LogP contribution is -2.42. The van der Waals surface area contributed by atoms with Crippen LogP contribution in [-0.2, 0) is 4.79 Å². The van der Waals surface area contributed by atoms with Crippen molar-refractivity contribution in [2.45, 2.75) is 63.8 Å². The van der Waals surface area contributed by atoms with E-state index in [1.807, 2.05) is 4.90 Å². The molecule has 0 aromatic rings. The number of carbonyl (C=O) groups excluding carboxylic acids is 1. The molecule has 108 valence electrons. The summed E-state index contributed by atoms with van der Waals surface area (Å²) in [7, 11) is 0. The first kappa shape index (κ1) is 13.4. The highest BCUT2D eigenvalue weighted by molar-refractivity contribution is 5.79. The maximum absolute atomic E-state index is 12.7. The molecule has 1 N–H and O–H groups in total. The average molecular weight is 265 g/mol. The van der Waals surface area contributed by atoms with Crippen molar-refractivity contribution in [3.8, 4) is 0 Å². The van der Waals surface area contributed by atoms with Gasteiger partial charge < -0.3 is 10.0 Å². The standard InChI is InChI=1S/C16H27NO2/c18-10-9-17(15-7-8-15)16(19)14-6-5-12-3-1-2-4-13(12)11-14/h12-15,18H,1-11H2. The number of nitrogens with zero attached hydrogens (tertiary/aromatic N) is 1. The molecule has 0 heterocycles. The summed E-state index contributed by atoms with van der Waals surface area (Å²) in [6, 6.07) is 0.448. The van der Waals surface area contributed by atoms with Gasteiger partial charge >= 0.3 is 0 Å². The predicted octanol–water partition coefficient (Wildman–Crippen LogP) is 2.58. The van der Waals surface area contributed by atoms with Gasteiger partial charge in [0.05, 0.1) is 6.61 Å². The van der Waals surface area contributed by atoms with Crippen LogP contribution >= 0.6 is 0 Å². The summed E-state index contributed by atoms with van der Waals surface area (Å²) in [4.78, 5) is 14.6. The average Bonchev–Trinajstić information content (AvgIpc) is 3.28. The van der Waals surface area contributed by atoms with Crippen molar-refractivity contribution in [1.82, 2.24) is 4.90 Å². The first-order valence-electron chi connectivity index (χ1n) is 8.21. The van der Waals surface area contributed by atoms with Gasteiger partial charge in [0.15, 0.2) is 0 Å². The topological polar surface area (TPSA) is 40.5 Å². The molecule has 0 aromatic carbocycles. The lowest BCUT2D eigenvalue weighted by Gasteiger charge is -2.40. The van der Waals surface area contributed by atoms with Gasteiger partial charge in [-0.1, -0.05) is 25.7 Å². The lowest BCUT2D eigenvalue weighted by atomic mass is 9.67. The molecule has 3 rings (SSSR count). The zero-order valence-electron chi connectivity index (χ0n) is 11.9. The molecule has 3 fully saturated rings. The molecule has 0 bridgehead atoms. The molecule has 19 heavy (non-hydrogen) atoms. The molecule has 0 aliphatic heterocycles. The summed E-state index contributed by atoms with van der Waals surface area (Å²) < 4.78 is 0. The molecule has 0 aromatic heterocycles. The van der Waals surface area contributed by atoms with Crippen molar-refractivity contribution in [3.63, 3.8) is 0 Å². The summed E-state index contributed by atoms with van der Waals surface area (Å²) in [5, 5.41) is 9.15. The number of hydrogen-bond donors (Lipinski definition) is 1. The van der Waals surface area contributed by atoms with Crippen LogP contribution in [0.5, 0.6) is 0 Å². The molecule has 3 aliphatic carbocycles. The largest absolute Gasteiger partial charge is 0.395 e. The van der Waals surface area contributed by atoms with Gasteiger partial charge in [-0.25, -0.2) is 0 Å². The minimum atomic E-state index is 0.112. The molecule has 1 amide bonds. The Morgan fingerprint density at radius 3 is 2.42 bits per heavy atom. The maximum atomic E-state index is 12.7. The summed E-state index contributed by atoms with van der Waals surface area (Å²) in [6.07, 6.45) is 11.3. The van der Waals surface area contributed by atoms with Crippen LogP contribution in [0.2, 0.25) is 0 Å². The summed E-state index contributed by atoms with van der Waals surface area (Å²) in [5.74, 6) is 2.32. The molecular formula is C16H27NO2. The zero-order chi connectivity index (χ0) is 13.2. The first-order valence-corrected chi connectivity index (χ1v) is 8.21. The molecule has 3 nitrogen and oxygen atoms in total. The van der Waals surface area contributed by atoms with Crippen LogP contribution in [0, 0.1) is 17.8 Å². The maximum Gasteiger partial charge on any atom is 0.226 e. The van der Waals surface area contributed by atoms with Gasteiger partial charge in [0, 0.05) is 18.5 Å². The van der Waals surface area contributed by atoms with Crippen molar-refractivity contribution in [2.24, 2.45) is 17.8 Å². The van der Waals surface area contributed by atoms with E-state index in [0.717, 1.165) is 37.5 Å². The molecule has 0 spiro atoms. The van der Waals surface area contributed by atoms with E-state index in [1.54, 1.807) is 0 Å².